The first-order valence-corrected chi connectivity index (χ1v) is 9.71. The summed E-state index contributed by atoms with van der Waals surface area (Å²) in [4.78, 5) is 26.2. The Hall–Kier alpha value is -3.03. The number of carbonyl (C=O) groups excluding carboxylic acids is 2. The summed E-state index contributed by atoms with van der Waals surface area (Å²) in [5.41, 5.74) is 1.75. The maximum atomic E-state index is 12.2. The molecule has 0 spiro atoms. The van der Waals surface area contributed by atoms with Crippen LogP contribution in [0.25, 0.3) is 0 Å². The molecule has 2 aromatic rings. The topological polar surface area (TPSA) is 58.6 Å². The number of hydrogen-bond donors (Lipinski definition) is 1. The van der Waals surface area contributed by atoms with Gasteiger partial charge in [-0.05, 0) is 29.7 Å². The zero-order valence-corrected chi connectivity index (χ0v) is 16.3. The smallest absolute Gasteiger partial charge is 0.406 e. The van der Waals surface area contributed by atoms with Crippen molar-refractivity contribution >= 4 is 11.8 Å². The number of hydrogen-bond acceptors (Lipinski definition) is 3. The Morgan fingerprint density at radius 3 is 2.43 bits per heavy atom. The second-order valence-electron chi connectivity index (χ2n) is 7.32. The molecule has 0 aromatic heterocycles. The number of carbonyl (C=O) groups is 2. The highest BCUT2D eigenvalue weighted by Gasteiger charge is 2.31. The summed E-state index contributed by atoms with van der Waals surface area (Å²) in [7, 11) is 0. The van der Waals surface area contributed by atoms with Crippen LogP contribution in [-0.4, -0.2) is 42.7 Å². The van der Waals surface area contributed by atoms with Crippen LogP contribution in [-0.2, 0) is 22.4 Å². The minimum absolute atomic E-state index is 0.0463. The molecule has 3 rings (SSSR count). The highest BCUT2D eigenvalue weighted by atomic mass is 19.4. The molecular weight excluding hydrogens is 397 g/mol. The van der Waals surface area contributed by atoms with E-state index in [2.05, 4.69) is 10.1 Å². The zero-order chi connectivity index (χ0) is 21.6. The van der Waals surface area contributed by atoms with Crippen molar-refractivity contribution in [3.8, 4) is 5.75 Å². The van der Waals surface area contributed by atoms with Gasteiger partial charge in [0.2, 0.25) is 11.8 Å². The maximum absolute atomic E-state index is 12.2. The Kier molecular flexibility index (Phi) is 6.97. The third kappa shape index (κ3) is 6.79. The van der Waals surface area contributed by atoms with Crippen molar-refractivity contribution in [3.63, 3.8) is 0 Å². The average molecular weight is 420 g/mol. The first-order chi connectivity index (χ1) is 14.3. The summed E-state index contributed by atoms with van der Waals surface area (Å²) in [5, 5.41) is 2.81. The van der Waals surface area contributed by atoms with Crippen LogP contribution < -0.4 is 10.1 Å². The SMILES string of the molecule is O=C(Cc1ccc(OC(F)(F)F)cc1)NCC1CC(=O)N(CCc2ccccc2)C1. The summed E-state index contributed by atoms with van der Waals surface area (Å²) in [6.07, 6.45) is -3.50. The van der Waals surface area contributed by atoms with E-state index in [9.17, 15) is 22.8 Å². The molecular formula is C22H23F3N2O3. The summed E-state index contributed by atoms with van der Waals surface area (Å²) in [5.74, 6) is -0.424. The van der Waals surface area contributed by atoms with Crippen molar-refractivity contribution < 1.29 is 27.5 Å². The van der Waals surface area contributed by atoms with Gasteiger partial charge in [-0.2, -0.15) is 0 Å². The van der Waals surface area contributed by atoms with Crippen molar-refractivity contribution in [3.05, 3.63) is 65.7 Å². The molecule has 30 heavy (non-hydrogen) atoms. The van der Waals surface area contributed by atoms with Crippen molar-refractivity contribution in [1.82, 2.24) is 10.2 Å². The monoisotopic (exact) mass is 420 g/mol. The predicted octanol–water partition coefficient (Wildman–Crippen LogP) is 3.34. The molecule has 1 aliphatic heterocycles. The number of halogens is 3. The van der Waals surface area contributed by atoms with Crippen molar-refractivity contribution in [2.24, 2.45) is 5.92 Å². The Labute approximate surface area is 172 Å². The molecule has 0 aliphatic carbocycles. The van der Waals surface area contributed by atoms with Gasteiger partial charge in [-0.25, -0.2) is 0 Å². The molecule has 1 N–H and O–H groups in total. The Bertz CT molecular complexity index is 854. The number of nitrogens with zero attached hydrogens (tertiary/aromatic N) is 1. The van der Waals surface area contributed by atoms with E-state index in [4.69, 9.17) is 0 Å². The number of benzene rings is 2. The minimum atomic E-state index is -4.74. The third-order valence-corrected chi connectivity index (χ3v) is 4.92. The van der Waals surface area contributed by atoms with Gasteiger partial charge in [0.25, 0.3) is 0 Å². The molecule has 160 valence electrons. The minimum Gasteiger partial charge on any atom is -0.406 e. The van der Waals surface area contributed by atoms with E-state index in [1.165, 1.54) is 29.8 Å². The number of alkyl halides is 3. The van der Waals surface area contributed by atoms with Gasteiger partial charge >= 0.3 is 6.36 Å². The summed E-state index contributed by atoms with van der Waals surface area (Å²) in [6.45, 7) is 1.65. The Balaban J connectivity index is 1.40. The van der Waals surface area contributed by atoms with E-state index in [0.29, 0.717) is 31.6 Å². The normalized spacial score (nSPS) is 16.6. The van der Waals surface area contributed by atoms with Gasteiger partial charge < -0.3 is 15.0 Å². The van der Waals surface area contributed by atoms with Crippen LogP contribution in [0.15, 0.2) is 54.6 Å². The molecule has 1 heterocycles. The summed E-state index contributed by atoms with van der Waals surface area (Å²) < 4.78 is 40.3. The third-order valence-electron chi connectivity index (χ3n) is 4.92. The fourth-order valence-corrected chi connectivity index (χ4v) is 3.43. The first kappa shape index (κ1) is 21.7. The van der Waals surface area contributed by atoms with Crippen LogP contribution in [0.1, 0.15) is 17.5 Å². The van der Waals surface area contributed by atoms with E-state index in [1.807, 2.05) is 35.2 Å². The van der Waals surface area contributed by atoms with Gasteiger partial charge in [-0.1, -0.05) is 42.5 Å². The number of amides is 2. The zero-order valence-electron chi connectivity index (χ0n) is 16.3. The number of likely N-dealkylation sites (tertiary alicyclic amines) is 1. The predicted molar refractivity (Wildman–Crippen MR) is 105 cm³/mol. The molecule has 1 aliphatic rings. The Morgan fingerprint density at radius 1 is 1.07 bits per heavy atom. The largest absolute Gasteiger partial charge is 0.573 e. The second-order valence-corrected chi connectivity index (χ2v) is 7.32. The van der Waals surface area contributed by atoms with E-state index in [0.717, 1.165) is 6.42 Å². The lowest BCUT2D eigenvalue weighted by Crippen LogP contribution is -2.32. The van der Waals surface area contributed by atoms with E-state index in [-0.39, 0.29) is 29.9 Å². The molecule has 1 fully saturated rings. The quantitative estimate of drug-likeness (QED) is 0.713. The lowest BCUT2D eigenvalue weighted by Gasteiger charge is -2.17. The highest BCUT2D eigenvalue weighted by molar-refractivity contribution is 5.80. The van der Waals surface area contributed by atoms with E-state index >= 15 is 0 Å². The van der Waals surface area contributed by atoms with Gasteiger partial charge in [0.15, 0.2) is 0 Å². The first-order valence-electron chi connectivity index (χ1n) is 9.71. The fourth-order valence-electron chi connectivity index (χ4n) is 3.43. The van der Waals surface area contributed by atoms with Crippen LogP contribution in [0.2, 0.25) is 0 Å². The van der Waals surface area contributed by atoms with Gasteiger partial charge in [0.05, 0.1) is 6.42 Å². The molecule has 1 atom stereocenters. The molecule has 1 saturated heterocycles. The second kappa shape index (κ2) is 9.65. The number of rotatable bonds is 8. The summed E-state index contributed by atoms with van der Waals surface area (Å²) in [6, 6.07) is 15.1. The molecule has 5 nitrogen and oxygen atoms in total. The molecule has 0 saturated carbocycles. The molecule has 8 heteroatoms. The number of ether oxygens (including phenoxy) is 1. The fraction of sp³-hybridized carbons (Fsp3) is 0.364. The van der Waals surface area contributed by atoms with Crippen molar-refractivity contribution in [2.75, 3.05) is 19.6 Å². The van der Waals surface area contributed by atoms with Crippen LogP contribution >= 0.6 is 0 Å². The standard InChI is InChI=1S/C22H23F3N2O3/c23-22(24,25)30-19-8-6-17(7-9-19)12-20(28)26-14-18-13-21(29)27(15-18)11-10-16-4-2-1-3-5-16/h1-9,18H,10-15H2,(H,26,28). The lowest BCUT2D eigenvalue weighted by atomic mass is 10.1. The van der Waals surface area contributed by atoms with Gasteiger partial charge in [0.1, 0.15) is 5.75 Å². The molecule has 0 radical (unpaired) electrons. The van der Waals surface area contributed by atoms with E-state index < -0.39 is 6.36 Å². The van der Waals surface area contributed by atoms with Gasteiger partial charge in [-0.15, -0.1) is 13.2 Å². The Morgan fingerprint density at radius 2 is 1.77 bits per heavy atom. The summed E-state index contributed by atoms with van der Waals surface area (Å²) >= 11 is 0. The molecule has 1 unspecified atom stereocenters. The van der Waals surface area contributed by atoms with Gasteiger partial charge in [-0.3, -0.25) is 9.59 Å². The molecule has 2 aromatic carbocycles. The van der Waals surface area contributed by atoms with Crippen LogP contribution in [0.5, 0.6) is 5.75 Å². The van der Waals surface area contributed by atoms with Crippen LogP contribution in [0.4, 0.5) is 13.2 Å². The van der Waals surface area contributed by atoms with Gasteiger partial charge in [0, 0.05) is 32.0 Å². The average Bonchev–Trinajstić information content (AvgIpc) is 3.06. The highest BCUT2D eigenvalue weighted by Crippen LogP contribution is 2.23. The molecule has 2 amide bonds. The number of nitrogens with one attached hydrogen (secondary N) is 1. The van der Waals surface area contributed by atoms with Crippen molar-refractivity contribution in [2.45, 2.75) is 25.6 Å². The van der Waals surface area contributed by atoms with Crippen LogP contribution in [0.3, 0.4) is 0 Å². The van der Waals surface area contributed by atoms with Crippen molar-refractivity contribution in [1.29, 1.82) is 0 Å². The van der Waals surface area contributed by atoms with Crippen LogP contribution in [0, 0.1) is 5.92 Å². The lowest BCUT2D eigenvalue weighted by molar-refractivity contribution is -0.274. The maximum Gasteiger partial charge on any atom is 0.573 e. The molecule has 0 bridgehead atoms. The van der Waals surface area contributed by atoms with E-state index in [1.54, 1.807) is 0 Å².